The molecule has 1 aromatic heterocycles. The molecule has 0 bridgehead atoms. The van der Waals surface area contributed by atoms with Crippen molar-refractivity contribution >= 4 is 5.82 Å². The van der Waals surface area contributed by atoms with E-state index < -0.39 is 0 Å². The third kappa shape index (κ3) is 2.00. The van der Waals surface area contributed by atoms with Gasteiger partial charge in [0.15, 0.2) is 0 Å². The van der Waals surface area contributed by atoms with Crippen LogP contribution >= 0.6 is 0 Å². The molecule has 1 fully saturated rings. The normalized spacial score (nSPS) is 17.5. The second-order valence-electron chi connectivity index (χ2n) is 3.50. The van der Waals surface area contributed by atoms with E-state index in [2.05, 4.69) is 9.88 Å². The standard InChI is InChI=1S/C11H14N2/c1-10-5-6-12-11(9-10)13-7-3-2-4-8-13/h1,5-6,9H,2-4,7-8H2. The summed E-state index contributed by atoms with van der Waals surface area (Å²) < 4.78 is 0. The molecule has 0 spiro atoms. The fourth-order valence-electron chi connectivity index (χ4n) is 1.73. The Labute approximate surface area is 79.6 Å². The zero-order valence-corrected chi connectivity index (χ0v) is 7.74. The Morgan fingerprint density at radius 1 is 1.23 bits per heavy atom. The molecule has 0 aromatic carbocycles. The van der Waals surface area contributed by atoms with Crippen molar-refractivity contribution in [2.75, 3.05) is 18.0 Å². The molecular formula is C11H14N2. The van der Waals surface area contributed by atoms with Gasteiger partial charge in [0.25, 0.3) is 0 Å². The molecule has 2 heterocycles. The topological polar surface area (TPSA) is 16.1 Å². The summed E-state index contributed by atoms with van der Waals surface area (Å²) in [6, 6.07) is 3.78. The Hall–Kier alpha value is -1.05. The Balaban J connectivity index is 2.14. The van der Waals surface area contributed by atoms with Crippen LogP contribution in [0.25, 0.3) is 0 Å². The van der Waals surface area contributed by atoms with Crippen molar-refractivity contribution in [3.8, 4) is 0 Å². The second kappa shape index (κ2) is 3.77. The highest BCUT2D eigenvalue weighted by Crippen LogP contribution is 2.17. The van der Waals surface area contributed by atoms with Crippen LogP contribution in [0.2, 0.25) is 0 Å². The molecule has 13 heavy (non-hydrogen) atoms. The highest BCUT2D eigenvalue weighted by molar-refractivity contribution is 5.41. The van der Waals surface area contributed by atoms with Gasteiger partial charge in [-0.2, -0.15) is 0 Å². The van der Waals surface area contributed by atoms with Gasteiger partial charge in [-0.05, 0) is 43.9 Å². The summed E-state index contributed by atoms with van der Waals surface area (Å²) in [5.74, 6) is 1.03. The summed E-state index contributed by atoms with van der Waals surface area (Å²) in [6.45, 7) is 7.94. The molecule has 68 valence electrons. The van der Waals surface area contributed by atoms with E-state index in [1.807, 2.05) is 12.1 Å². The van der Waals surface area contributed by atoms with Crippen LogP contribution in [0.1, 0.15) is 24.8 Å². The maximum absolute atomic E-state index is 5.70. The van der Waals surface area contributed by atoms with E-state index in [-0.39, 0.29) is 0 Å². The van der Waals surface area contributed by atoms with E-state index >= 15 is 0 Å². The predicted molar refractivity (Wildman–Crippen MR) is 53.7 cm³/mol. The molecule has 0 aliphatic carbocycles. The maximum atomic E-state index is 5.70. The van der Waals surface area contributed by atoms with Crippen molar-refractivity contribution < 1.29 is 0 Å². The van der Waals surface area contributed by atoms with Gasteiger partial charge < -0.3 is 4.90 Å². The van der Waals surface area contributed by atoms with Crippen molar-refractivity contribution in [2.45, 2.75) is 19.3 Å². The number of nitrogens with zero attached hydrogens (tertiary/aromatic N) is 2. The predicted octanol–water partition coefficient (Wildman–Crippen LogP) is 2.13. The molecule has 0 N–H and O–H groups in total. The first-order valence-electron chi connectivity index (χ1n) is 4.83. The van der Waals surface area contributed by atoms with Crippen LogP contribution in [0, 0.1) is 6.92 Å². The van der Waals surface area contributed by atoms with Gasteiger partial charge in [-0.15, -0.1) is 0 Å². The van der Waals surface area contributed by atoms with Crippen molar-refractivity contribution in [1.82, 2.24) is 4.98 Å². The third-order valence-electron chi connectivity index (χ3n) is 2.45. The first-order valence-corrected chi connectivity index (χ1v) is 4.83. The van der Waals surface area contributed by atoms with Crippen LogP contribution in [0.3, 0.4) is 0 Å². The Bertz CT molecular complexity index is 277. The number of anilines is 1. The monoisotopic (exact) mass is 174 g/mol. The molecular weight excluding hydrogens is 160 g/mol. The Morgan fingerprint density at radius 2 is 2.00 bits per heavy atom. The average Bonchev–Trinajstić information content (AvgIpc) is 2.19. The lowest BCUT2D eigenvalue weighted by molar-refractivity contribution is 0.573. The molecule has 1 aliphatic heterocycles. The fraction of sp³-hybridized carbons (Fsp3) is 0.455. The van der Waals surface area contributed by atoms with Gasteiger partial charge in [0.2, 0.25) is 0 Å². The summed E-state index contributed by atoms with van der Waals surface area (Å²) in [5, 5.41) is 0. The fourth-order valence-corrected chi connectivity index (χ4v) is 1.73. The molecule has 2 nitrogen and oxygen atoms in total. The molecule has 0 saturated carbocycles. The minimum absolute atomic E-state index is 0.801. The van der Waals surface area contributed by atoms with E-state index in [0.29, 0.717) is 0 Å². The third-order valence-corrected chi connectivity index (χ3v) is 2.45. The van der Waals surface area contributed by atoms with Crippen LogP contribution in [-0.4, -0.2) is 18.1 Å². The van der Waals surface area contributed by atoms with Gasteiger partial charge in [-0.1, -0.05) is 0 Å². The van der Waals surface area contributed by atoms with Crippen molar-refractivity contribution in [3.63, 3.8) is 0 Å². The van der Waals surface area contributed by atoms with E-state index in [1.54, 1.807) is 6.20 Å². The van der Waals surface area contributed by atoms with Crippen LogP contribution in [0.5, 0.6) is 0 Å². The lowest BCUT2D eigenvalue weighted by Gasteiger charge is -2.27. The van der Waals surface area contributed by atoms with Gasteiger partial charge >= 0.3 is 0 Å². The second-order valence-corrected chi connectivity index (χ2v) is 3.50. The van der Waals surface area contributed by atoms with E-state index in [4.69, 9.17) is 6.92 Å². The number of rotatable bonds is 1. The van der Waals surface area contributed by atoms with E-state index in [0.717, 1.165) is 24.5 Å². The summed E-state index contributed by atoms with van der Waals surface area (Å²) in [6.07, 6.45) is 5.67. The number of aromatic nitrogens is 1. The summed E-state index contributed by atoms with van der Waals surface area (Å²) in [7, 11) is 0. The van der Waals surface area contributed by atoms with Crippen molar-refractivity contribution in [3.05, 3.63) is 30.8 Å². The molecule has 2 rings (SSSR count). The Morgan fingerprint density at radius 3 is 2.69 bits per heavy atom. The van der Waals surface area contributed by atoms with Crippen LogP contribution in [0.4, 0.5) is 5.82 Å². The molecule has 1 saturated heterocycles. The summed E-state index contributed by atoms with van der Waals surface area (Å²) in [4.78, 5) is 6.61. The maximum Gasteiger partial charge on any atom is 0.128 e. The number of hydrogen-bond donors (Lipinski definition) is 0. The van der Waals surface area contributed by atoms with E-state index in [9.17, 15) is 0 Å². The van der Waals surface area contributed by atoms with Gasteiger partial charge in [0, 0.05) is 19.3 Å². The molecule has 1 aliphatic rings. The molecule has 1 aromatic rings. The van der Waals surface area contributed by atoms with Crippen molar-refractivity contribution in [2.24, 2.45) is 0 Å². The first-order chi connectivity index (χ1) is 6.36. The van der Waals surface area contributed by atoms with Gasteiger partial charge in [-0.3, -0.25) is 0 Å². The van der Waals surface area contributed by atoms with E-state index in [1.165, 1.54) is 19.3 Å². The number of hydrogen-bond acceptors (Lipinski definition) is 2. The SMILES string of the molecule is [CH]c1ccnc(N2CCCCC2)c1. The molecule has 2 heteroatoms. The first kappa shape index (κ1) is 8.54. The van der Waals surface area contributed by atoms with Crippen molar-refractivity contribution in [1.29, 1.82) is 0 Å². The van der Waals surface area contributed by atoms with Gasteiger partial charge in [0.05, 0.1) is 0 Å². The Kier molecular flexibility index (Phi) is 2.48. The van der Waals surface area contributed by atoms with Crippen LogP contribution in [0.15, 0.2) is 18.3 Å². The van der Waals surface area contributed by atoms with Crippen LogP contribution in [-0.2, 0) is 0 Å². The zero-order chi connectivity index (χ0) is 9.10. The smallest absolute Gasteiger partial charge is 0.128 e. The highest BCUT2D eigenvalue weighted by Gasteiger charge is 2.11. The van der Waals surface area contributed by atoms with Gasteiger partial charge in [0.1, 0.15) is 5.82 Å². The molecule has 0 amide bonds. The largest absolute Gasteiger partial charge is 0.357 e. The minimum atomic E-state index is 0.801. The minimum Gasteiger partial charge on any atom is -0.357 e. The van der Waals surface area contributed by atoms with Crippen LogP contribution < -0.4 is 4.90 Å². The quantitative estimate of drug-likeness (QED) is 0.648. The highest BCUT2D eigenvalue weighted by atomic mass is 15.2. The molecule has 0 unspecified atom stereocenters. The summed E-state index contributed by atoms with van der Waals surface area (Å²) >= 11 is 0. The number of piperidine rings is 1. The summed E-state index contributed by atoms with van der Waals surface area (Å²) in [5.41, 5.74) is 0.801. The average molecular weight is 174 g/mol. The van der Waals surface area contributed by atoms with Gasteiger partial charge in [-0.25, -0.2) is 4.98 Å². The zero-order valence-electron chi connectivity index (χ0n) is 7.74. The lowest BCUT2D eigenvalue weighted by Crippen LogP contribution is -2.30. The lowest BCUT2D eigenvalue weighted by atomic mass is 10.1. The number of pyridine rings is 1. The molecule has 0 atom stereocenters. The molecule has 2 radical (unpaired) electrons.